The van der Waals surface area contributed by atoms with Crippen molar-refractivity contribution in [1.29, 1.82) is 0 Å². The van der Waals surface area contributed by atoms with Crippen molar-refractivity contribution in [2.24, 2.45) is 0 Å². The molecule has 18 heavy (non-hydrogen) atoms. The first-order chi connectivity index (χ1) is 8.65. The Balaban J connectivity index is 1.82. The van der Waals surface area contributed by atoms with Gasteiger partial charge in [0.1, 0.15) is 0 Å². The quantitative estimate of drug-likeness (QED) is 0.813. The molecule has 1 fully saturated rings. The highest BCUT2D eigenvalue weighted by atomic mass is 127. The summed E-state index contributed by atoms with van der Waals surface area (Å²) in [5.74, 6) is 0.119. The molecule has 1 heterocycles. The van der Waals surface area contributed by atoms with Crippen LogP contribution in [0, 0.1) is 10.5 Å². The van der Waals surface area contributed by atoms with Gasteiger partial charge in [-0.1, -0.05) is 0 Å². The fraction of sp³-hybridized carbons (Fsp3) is 0.500. The summed E-state index contributed by atoms with van der Waals surface area (Å²) >= 11 is 2.28. The molecule has 0 aromatic heterocycles. The zero-order valence-electron chi connectivity index (χ0n) is 10.6. The van der Waals surface area contributed by atoms with Crippen molar-refractivity contribution in [3.8, 4) is 0 Å². The number of rotatable bonds is 4. The fourth-order valence-electron chi connectivity index (χ4n) is 2.29. The van der Waals surface area contributed by atoms with Gasteiger partial charge < -0.3 is 10.6 Å². The average Bonchev–Trinajstić information content (AvgIpc) is 2.83. The maximum atomic E-state index is 11.9. The van der Waals surface area contributed by atoms with Crippen LogP contribution in [0.2, 0.25) is 0 Å². The van der Waals surface area contributed by atoms with Crippen molar-refractivity contribution in [3.63, 3.8) is 0 Å². The molecule has 0 saturated carbocycles. The molecule has 0 aliphatic carbocycles. The molecule has 2 rings (SSSR count). The van der Waals surface area contributed by atoms with Gasteiger partial charge in [0.2, 0.25) is 5.91 Å². The Morgan fingerprint density at radius 3 is 3.06 bits per heavy atom. The number of anilines is 1. The largest absolute Gasteiger partial charge is 0.326 e. The Labute approximate surface area is 122 Å². The molecule has 1 unspecified atom stereocenters. The van der Waals surface area contributed by atoms with Crippen LogP contribution in [0.25, 0.3) is 0 Å². The summed E-state index contributed by atoms with van der Waals surface area (Å²) in [6.07, 6.45) is 3.98. The Morgan fingerprint density at radius 1 is 1.56 bits per heavy atom. The minimum Gasteiger partial charge on any atom is -0.326 e. The summed E-state index contributed by atoms with van der Waals surface area (Å²) in [5, 5.41) is 6.40. The van der Waals surface area contributed by atoms with E-state index in [0.29, 0.717) is 12.5 Å². The Kier molecular flexibility index (Phi) is 5.00. The van der Waals surface area contributed by atoms with Crippen molar-refractivity contribution < 1.29 is 4.79 Å². The zero-order valence-corrected chi connectivity index (χ0v) is 12.8. The van der Waals surface area contributed by atoms with Crippen LogP contribution in [0.3, 0.4) is 0 Å². The summed E-state index contributed by atoms with van der Waals surface area (Å²) in [5.41, 5.74) is 2.05. The molecule has 1 aromatic carbocycles. The Hall–Kier alpha value is -0.620. The number of benzene rings is 1. The second-order valence-corrected chi connectivity index (χ2v) is 6.09. The van der Waals surface area contributed by atoms with E-state index in [2.05, 4.69) is 39.3 Å². The van der Waals surface area contributed by atoms with Gasteiger partial charge >= 0.3 is 0 Å². The molecule has 1 saturated heterocycles. The SMILES string of the molecule is Cc1cc(I)ccc1NC(=O)CCC1CCCN1. The normalized spacial score (nSPS) is 18.9. The molecule has 1 aliphatic heterocycles. The minimum atomic E-state index is 0.119. The van der Waals surface area contributed by atoms with Crippen molar-refractivity contribution in [2.75, 3.05) is 11.9 Å². The number of hydrogen-bond acceptors (Lipinski definition) is 2. The van der Waals surface area contributed by atoms with Gasteiger partial charge in [-0.25, -0.2) is 0 Å². The topological polar surface area (TPSA) is 41.1 Å². The highest BCUT2D eigenvalue weighted by Crippen LogP contribution is 2.18. The lowest BCUT2D eigenvalue weighted by Crippen LogP contribution is -2.23. The first kappa shape index (κ1) is 13.8. The molecule has 3 nitrogen and oxygen atoms in total. The van der Waals surface area contributed by atoms with Crippen molar-refractivity contribution in [1.82, 2.24) is 5.32 Å². The molecule has 0 radical (unpaired) electrons. The summed E-state index contributed by atoms with van der Waals surface area (Å²) in [7, 11) is 0. The molecule has 1 amide bonds. The minimum absolute atomic E-state index is 0.119. The highest BCUT2D eigenvalue weighted by Gasteiger charge is 2.15. The molecule has 0 bridgehead atoms. The first-order valence-corrected chi connectivity index (χ1v) is 7.52. The number of aryl methyl sites for hydroxylation is 1. The van der Waals surface area contributed by atoms with Crippen LogP contribution in [-0.2, 0) is 4.79 Å². The molecule has 1 aromatic rings. The van der Waals surface area contributed by atoms with Gasteiger partial charge in [0.05, 0.1) is 0 Å². The predicted molar refractivity (Wildman–Crippen MR) is 82.8 cm³/mol. The van der Waals surface area contributed by atoms with E-state index in [-0.39, 0.29) is 5.91 Å². The lowest BCUT2D eigenvalue weighted by Gasteiger charge is -2.11. The van der Waals surface area contributed by atoms with Gasteiger partial charge in [-0.05, 0) is 79.1 Å². The molecule has 98 valence electrons. The first-order valence-electron chi connectivity index (χ1n) is 6.44. The van der Waals surface area contributed by atoms with Crippen LogP contribution >= 0.6 is 22.6 Å². The third kappa shape index (κ3) is 3.95. The Morgan fingerprint density at radius 2 is 2.39 bits per heavy atom. The molecule has 1 atom stereocenters. The van der Waals surface area contributed by atoms with Gasteiger partial charge in [-0.3, -0.25) is 4.79 Å². The lowest BCUT2D eigenvalue weighted by atomic mass is 10.1. The maximum Gasteiger partial charge on any atom is 0.224 e. The van der Waals surface area contributed by atoms with Gasteiger partial charge in [0, 0.05) is 21.7 Å². The van der Waals surface area contributed by atoms with Crippen LogP contribution in [0.4, 0.5) is 5.69 Å². The maximum absolute atomic E-state index is 11.9. The van der Waals surface area contributed by atoms with Crippen molar-refractivity contribution in [3.05, 3.63) is 27.3 Å². The summed E-state index contributed by atoms with van der Waals surface area (Å²) < 4.78 is 1.19. The van der Waals surface area contributed by atoms with Crippen LogP contribution in [0.5, 0.6) is 0 Å². The molecule has 2 N–H and O–H groups in total. The third-order valence-electron chi connectivity index (χ3n) is 3.34. The third-order valence-corrected chi connectivity index (χ3v) is 4.02. The van der Waals surface area contributed by atoms with Crippen LogP contribution < -0.4 is 10.6 Å². The van der Waals surface area contributed by atoms with Crippen LogP contribution in [-0.4, -0.2) is 18.5 Å². The van der Waals surface area contributed by atoms with Crippen molar-refractivity contribution in [2.45, 2.75) is 38.6 Å². The van der Waals surface area contributed by atoms with Crippen molar-refractivity contribution >= 4 is 34.2 Å². The second-order valence-electron chi connectivity index (χ2n) is 4.84. The summed E-state index contributed by atoms with van der Waals surface area (Å²) in [6, 6.07) is 6.60. The van der Waals surface area contributed by atoms with E-state index >= 15 is 0 Å². The van der Waals surface area contributed by atoms with Gasteiger partial charge in [0.25, 0.3) is 0 Å². The monoisotopic (exact) mass is 358 g/mol. The lowest BCUT2D eigenvalue weighted by molar-refractivity contribution is -0.116. The molecule has 0 spiro atoms. The van der Waals surface area contributed by atoms with E-state index in [0.717, 1.165) is 24.2 Å². The molecular formula is C14H19IN2O. The van der Waals surface area contributed by atoms with E-state index in [1.807, 2.05) is 19.1 Å². The number of nitrogens with one attached hydrogen (secondary N) is 2. The standard InChI is InChI=1S/C14H19IN2O/c1-10-9-11(15)4-6-13(10)17-14(18)7-5-12-3-2-8-16-12/h4,6,9,12,16H,2-3,5,7-8H2,1H3,(H,17,18). The van der Waals surface area contributed by atoms with E-state index in [4.69, 9.17) is 0 Å². The highest BCUT2D eigenvalue weighted by molar-refractivity contribution is 14.1. The predicted octanol–water partition coefficient (Wildman–Crippen LogP) is 3.07. The van der Waals surface area contributed by atoms with Gasteiger partial charge in [-0.2, -0.15) is 0 Å². The molecule has 1 aliphatic rings. The Bertz CT molecular complexity index is 428. The summed E-state index contributed by atoms with van der Waals surface area (Å²) in [4.78, 5) is 11.9. The van der Waals surface area contributed by atoms with E-state index < -0.39 is 0 Å². The molecular weight excluding hydrogens is 339 g/mol. The summed E-state index contributed by atoms with van der Waals surface area (Å²) in [6.45, 7) is 3.12. The van der Waals surface area contributed by atoms with E-state index in [9.17, 15) is 4.79 Å². The number of carbonyl (C=O) groups excluding carboxylic acids is 1. The average molecular weight is 358 g/mol. The number of halogens is 1. The number of hydrogen-bond donors (Lipinski definition) is 2. The van der Waals surface area contributed by atoms with Crippen LogP contribution in [0.15, 0.2) is 18.2 Å². The number of amides is 1. The molecule has 4 heteroatoms. The van der Waals surface area contributed by atoms with Crippen LogP contribution in [0.1, 0.15) is 31.2 Å². The fourth-order valence-corrected chi connectivity index (χ4v) is 2.94. The number of carbonyl (C=O) groups is 1. The zero-order chi connectivity index (χ0) is 13.0. The van der Waals surface area contributed by atoms with E-state index in [1.54, 1.807) is 0 Å². The van der Waals surface area contributed by atoms with Gasteiger partial charge in [-0.15, -0.1) is 0 Å². The van der Waals surface area contributed by atoms with E-state index in [1.165, 1.54) is 16.4 Å². The van der Waals surface area contributed by atoms with Gasteiger partial charge in [0.15, 0.2) is 0 Å². The smallest absolute Gasteiger partial charge is 0.224 e. The second kappa shape index (κ2) is 6.52.